The molecule has 0 heterocycles. The molecule has 0 amide bonds. The molecule has 0 aromatic carbocycles. The number of phosphoric ester groups is 1. The van der Waals surface area contributed by atoms with E-state index in [0.717, 1.165) is 0 Å². The molecule has 0 spiro atoms. The maximum atomic E-state index is 10.4. The van der Waals surface area contributed by atoms with Crippen molar-refractivity contribution in [3.63, 3.8) is 0 Å². The lowest BCUT2D eigenvalue weighted by Crippen LogP contribution is -2.27. The Morgan fingerprint density at radius 2 is 2.00 bits per heavy atom. The second-order valence-corrected chi connectivity index (χ2v) is 3.17. The molecule has 0 bridgehead atoms. The number of aliphatic hydroxyl groups is 2. The van der Waals surface area contributed by atoms with Crippen molar-refractivity contribution in [1.29, 1.82) is 0 Å². The Hall–Kier alpha value is -0.300. The highest BCUT2D eigenvalue weighted by Crippen LogP contribution is 2.35. The fraction of sp³-hybridized carbons (Fsp3) is 0.750. The van der Waals surface area contributed by atoms with Crippen molar-refractivity contribution < 1.29 is 33.9 Å². The van der Waals surface area contributed by atoms with Crippen molar-refractivity contribution in [2.45, 2.75) is 6.10 Å². The van der Waals surface area contributed by atoms with Crippen LogP contribution < -0.4 is 0 Å². The van der Waals surface area contributed by atoms with E-state index in [1.165, 1.54) is 0 Å². The van der Waals surface area contributed by atoms with Crippen LogP contribution in [0.4, 0.5) is 0 Å². The van der Waals surface area contributed by atoms with E-state index in [1.807, 2.05) is 0 Å². The molecule has 7 nitrogen and oxygen atoms in total. The van der Waals surface area contributed by atoms with Crippen molar-refractivity contribution >= 4 is 13.6 Å². The molecule has 0 fully saturated rings. The summed E-state index contributed by atoms with van der Waals surface area (Å²) in [6.45, 7) is -1.73. The van der Waals surface area contributed by atoms with Crippen LogP contribution in [0.5, 0.6) is 0 Å². The summed E-state index contributed by atoms with van der Waals surface area (Å²) in [7, 11) is -4.66. The Morgan fingerprint density at radius 3 is 2.33 bits per heavy atom. The van der Waals surface area contributed by atoms with E-state index in [0.29, 0.717) is 0 Å². The fourth-order valence-corrected chi connectivity index (χ4v) is 0.701. The lowest BCUT2D eigenvalue weighted by Gasteiger charge is -2.08. The summed E-state index contributed by atoms with van der Waals surface area (Å²) in [5.74, 6) is -0.955. The van der Waals surface area contributed by atoms with Crippen molar-refractivity contribution in [2.75, 3.05) is 13.2 Å². The summed E-state index contributed by atoms with van der Waals surface area (Å²) in [5.41, 5.74) is 0. The highest BCUT2D eigenvalue weighted by atomic mass is 31.2. The van der Waals surface area contributed by atoms with Gasteiger partial charge >= 0.3 is 7.82 Å². The highest BCUT2D eigenvalue weighted by Gasteiger charge is 2.20. The minimum atomic E-state index is -4.66. The molecule has 0 aromatic heterocycles. The fourth-order valence-electron chi connectivity index (χ4n) is 0.366. The lowest BCUT2D eigenvalue weighted by molar-refractivity contribution is -0.131. The number of carbonyl (C=O) groups is 1. The molecule has 0 rings (SSSR count). The molecule has 1 atom stereocenters. The zero-order valence-electron chi connectivity index (χ0n) is 5.95. The SMILES string of the molecule is O=C(CO)[C@@H](O)COP(=O)(O)O. The van der Waals surface area contributed by atoms with Gasteiger partial charge in [-0.05, 0) is 0 Å². The Bertz CT molecular complexity index is 196. The predicted octanol–water partition coefficient (Wildman–Crippen LogP) is -1.98. The molecule has 4 N–H and O–H groups in total. The number of aliphatic hydroxyl groups excluding tert-OH is 2. The smallest absolute Gasteiger partial charge is 0.388 e. The van der Waals surface area contributed by atoms with Crippen LogP contribution in [0.3, 0.4) is 0 Å². The van der Waals surface area contributed by atoms with Gasteiger partial charge in [0.1, 0.15) is 12.7 Å². The zero-order chi connectivity index (χ0) is 9.78. The second kappa shape index (κ2) is 4.66. The first-order chi connectivity index (χ1) is 5.37. The summed E-state index contributed by atoms with van der Waals surface area (Å²) in [6.07, 6.45) is -1.71. The Kier molecular flexibility index (Phi) is 4.54. The topological polar surface area (TPSA) is 124 Å². The van der Waals surface area contributed by atoms with Gasteiger partial charge in [-0.15, -0.1) is 0 Å². The van der Waals surface area contributed by atoms with Gasteiger partial charge in [0.2, 0.25) is 0 Å². The van der Waals surface area contributed by atoms with E-state index in [4.69, 9.17) is 20.0 Å². The van der Waals surface area contributed by atoms with Crippen molar-refractivity contribution in [3.05, 3.63) is 0 Å². The first-order valence-corrected chi connectivity index (χ1v) is 4.41. The number of Topliss-reactive ketones (excluding diaryl/α,β-unsaturated/α-hetero) is 1. The number of carbonyl (C=O) groups excluding carboxylic acids is 1. The minimum absolute atomic E-state index is 0.830. The monoisotopic (exact) mass is 200 g/mol. The third kappa shape index (κ3) is 5.36. The third-order valence-electron chi connectivity index (χ3n) is 0.928. The number of hydrogen-bond donors (Lipinski definition) is 4. The average Bonchev–Trinajstić information content (AvgIpc) is 1.97. The maximum absolute atomic E-state index is 10.4. The normalized spacial score (nSPS) is 14.3. The van der Waals surface area contributed by atoms with E-state index in [9.17, 15) is 9.36 Å². The quantitative estimate of drug-likeness (QED) is 0.379. The molecule has 0 aliphatic carbocycles. The highest BCUT2D eigenvalue weighted by molar-refractivity contribution is 7.46. The van der Waals surface area contributed by atoms with Gasteiger partial charge in [-0.25, -0.2) is 4.57 Å². The van der Waals surface area contributed by atoms with Gasteiger partial charge in [0.25, 0.3) is 0 Å². The molecular formula is C4H9O7P. The number of phosphoric acid groups is 1. The van der Waals surface area contributed by atoms with Crippen LogP contribution in [0.25, 0.3) is 0 Å². The first-order valence-electron chi connectivity index (χ1n) is 2.88. The molecule has 0 unspecified atom stereocenters. The summed E-state index contributed by atoms with van der Waals surface area (Å²) in [4.78, 5) is 26.6. The molecule has 0 saturated heterocycles. The summed E-state index contributed by atoms with van der Waals surface area (Å²) < 4.78 is 13.8. The van der Waals surface area contributed by atoms with Gasteiger partial charge in [0.15, 0.2) is 5.78 Å². The average molecular weight is 200 g/mol. The molecule has 8 heteroatoms. The van der Waals surface area contributed by atoms with Crippen LogP contribution >= 0.6 is 7.82 Å². The Balaban J connectivity index is 3.79. The van der Waals surface area contributed by atoms with E-state index in [2.05, 4.69) is 4.52 Å². The molecule has 0 aliphatic rings. The van der Waals surface area contributed by atoms with E-state index < -0.39 is 32.9 Å². The van der Waals surface area contributed by atoms with Crippen LogP contribution in [0.15, 0.2) is 0 Å². The molecule has 0 saturated carbocycles. The molecule has 12 heavy (non-hydrogen) atoms. The maximum Gasteiger partial charge on any atom is 0.469 e. The van der Waals surface area contributed by atoms with Gasteiger partial charge < -0.3 is 20.0 Å². The van der Waals surface area contributed by atoms with Crippen LogP contribution in [0.2, 0.25) is 0 Å². The Labute approximate surface area is 67.8 Å². The summed E-state index contributed by atoms with van der Waals surface area (Å²) in [6, 6.07) is 0. The summed E-state index contributed by atoms with van der Waals surface area (Å²) >= 11 is 0. The van der Waals surface area contributed by atoms with Crippen LogP contribution in [-0.4, -0.2) is 45.1 Å². The van der Waals surface area contributed by atoms with Crippen LogP contribution in [0, 0.1) is 0 Å². The van der Waals surface area contributed by atoms with Gasteiger partial charge in [-0.3, -0.25) is 9.32 Å². The largest absolute Gasteiger partial charge is 0.469 e. The van der Waals surface area contributed by atoms with Gasteiger partial charge in [0, 0.05) is 0 Å². The van der Waals surface area contributed by atoms with Crippen molar-refractivity contribution in [1.82, 2.24) is 0 Å². The summed E-state index contributed by atoms with van der Waals surface area (Å²) in [5, 5.41) is 16.9. The van der Waals surface area contributed by atoms with Crippen LogP contribution in [0.1, 0.15) is 0 Å². The van der Waals surface area contributed by atoms with Gasteiger partial charge in [-0.2, -0.15) is 0 Å². The van der Waals surface area contributed by atoms with Gasteiger partial charge in [-0.1, -0.05) is 0 Å². The number of rotatable bonds is 5. The third-order valence-corrected chi connectivity index (χ3v) is 1.41. The Morgan fingerprint density at radius 1 is 1.50 bits per heavy atom. The standard InChI is InChI=1S/C4H9O7P/c5-1-3(6)4(7)2-11-12(8,9)10/h4-5,7H,1-2H2,(H2,8,9,10)/t4-/m0/s1. The molecule has 72 valence electrons. The second-order valence-electron chi connectivity index (χ2n) is 1.93. The molecule has 0 radical (unpaired) electrons. The lowest BCUT2D eigenvalue weighted by atomic mass is 10.3. The zero-order valence-corrected chi connectivity index (χ0v) is 6.85. The van der Waals surface area contributed by atoms with Crippen molar-refractivity contribution in [2.24, 2.45) is 0 Å². The number of hydrogen-bond acceptors (Lipinski definition) is 5. The number of ketones is 1. The predicted molar refractivity (Wildman–Crippen MR) is 36.1 cm³/mol. The van der Waals surface area contributed by atoms with Crippen molar-refractivity contribution in [3.8, 4) is 0 Å². The van der Waals surface area contributed by atoms with E-state index in [1.54, 1.807) is 0 Å². The first kappa shape index (κ1) is 11.7. The molecule has 0 aliphatic heterocycles. The molecular weight excluding hydrogens is 191 g/mol. The van der Waals surface area contributed by atoms with Gasteiger partial charge in [0.05, 0.1) is 6.61 Å². The van der Waals surface area contributed by atoms with Crippen LogP contribution in [-0.2, 0) is 13.9 Å². The minimum Gasteiger partial charge on any atom is -0.388 e. The van der Waals surface area contributed by atoms with E-state index >= 15 is 0 Å². The molecule has 0 aromatic rings. The van der Waals surface area contributed by atoms with E-state index in [-0.39, 0.29) is 0 Å².